The predicted octanol–water partition coefficient (Wildman–Crippen LogP) is 4.60. The molecule has 4 rings (SSSR count). The molecule has 10 heteroatoms. The Balaban J connectivity index is 1.56. The van der Waals surface area contributed by atoms with Gasteiger partial charge in [-0.05, 0) is 55.0 Å². The summed E-state index contributed by atoms with van der Waals surface area (Å²) in [5.41, 5.74) is 1.40. The molecule has 1 aliphatic heterocycles. The molecule has 0 amide bonds. The van der Waals surface area contributed by atoms with Crippen molar-refractivity contribution in [2.45, 2.75) is 6.92 Å². The minimum atomic E-state index is -0.528. The molecule has 0 bridgehead atoms. The molecule has 2 heterocycles. The minimum Gasteiger partial charge on any atom is -0.434 e. The van der Waals surface area contributed by atoms with Gasteiger partial charge in [0, 0.05) is 36.9 Å². The molecule has 1 saturated heterocycles. The zero-order valence-electron chi connectivity index (χ0n) is 16.7. The van der Waals surface area contributed by atoms with E-state index < -0.39 is 4.92 Å². The Morgan fingerprint density at radius 2 is 1.74 bits per heavy atom. The maximum absolute atomic E-state index is 13.2. The number of piperazine rings is 1. The van der Waals surface area contributed by atoms with Gasteiger partial charge in [-0.15, -0.1) is 0 Å². The standard InChI is InChI=1S/C21H19ClFN5O3/c1-14-12-17(6-7-18(14)22)31-21-19(28(29)30)20(24-13-25-21)27-10-8-26(9-11-27)16-4-2-15(23)3-5-16/h2-7,12-13H,8-11H2,1H3. The summed E-state index contributed by atoms with van der Waals surface area (Å²) in [6.07, 6.45) is 1.26. The van der Waals surface area contributed by atoms with Crippen molar-refractivity contribution in [1.82, 2.24) is 9.97 Å². The van der Waals surface area contributed by atoms with Crippen LogP contribution in [-0.2, 0) is 0 Å². The number of rotatable bonds is 5. The summed E-state index contributed by atoms with van der Waals surface area (Å²) >= 11 is 6.04. The Bertz CT molecular complexity index is 1100. The lowest BCUT2D eigenvalue weighted by Crippen LogP contribution is -2.47. The first-order chi connectivity index (χ1) is 14.9. The molecule has 2 aromatic carbocycles. The molecule has 0 aliphatic carbocycles. The molecule has 0 saturated carbocycles. The zero-order valence-corrected chi connectivity index (χ0v) is 17.4. The van der Waals surface area contributed by atoms with Crippen LogP contribution in [0.4, 0.5) is 21.6 Å². The largest absolute Gasteiger partial charge is 0.434 e. The fourth-order valence-electron chi connectivity index (χ4n) is 3.44. The van der Waals surface area contributed by atoms with Gasteiger partial charge in [0.15, 0.2) is 0 Å². The molecule has 0 spiro atoms. The molecule has 1 fully saturated rings. The molecule has 0 unspecified atom stereocenters. The quantitative estimate of drug-likeness (QED) is 0.420. The smallest absolute Gasteiger partial charge is 0.373 e. The average Bonchev–Trinajstić information content (AvgIpc) is 2.77. The number of nitrogens with zero attached hydrogens (tertiary/aromatic N) is 5. The first-order valence-corrected chi connectivity index (χ1v) is 9.99. The summed E-state index contributed by atoms with van der Waals surface area (Å²) in [6.45, 7) is 4.05. The van der Waals surface area contributed by atoms with Gasteiger partial charge in [0.05, 0.1) is 4.92 Å². The number of nitro groups is 1. The van der Waals surface area contributed by atoms with Gasteiger partial charge in [-0.2, -0.15) is 4.98 Å². The number of hydrogen-bond acceptors (Lipinski definition) is 7. The lowest BCUT2D eigenvalue weighted by atomic mass is 10.2. The van der Waals surface area contributed by atoms with E-state index in [0.717, 1.165) is 11.3 Å². The Labute approximate surface area is 183 Å². The number of ether oxygens (including phenoxy) is 1. The van der Waals surface area contributed by atoms with E-state index in [9.17, 15) is 14.5 Å². The second-order valence-electron chi connectivity index (χ2n) is 7.07. The van der Waals surface area contributed by atoms with Crippen LogP contribution in [0, 0.1) is 22.9 Å². The van der Waals surface area contributed by atoms with Crippen molar-refractivity contribution in [1.29, 1.82) is 0 Å². The van der Waals surface area contributed by atoms with Gasteiger partial charge in [0.1, 0.15) is 17.9 Å². The highest BCUT2D eigenvalue weighted by Gasteiger charge is 2.30. The lowest BCUT2D eigenvalue weighted by molar-refractivity contribution is -0.385. The van der Waals surface area contributed by atoms with Gasteiger partial charge < -0.3 is 14.5 Å². The van der Waals surface area contributed by atoms with Crippen molar-refractivity contribution in [2.75, 3.05) is 36.0 Å². The van der Waals surface area contributed by atoms with E-state index in [1.807, 2.05) is 11.8 Å². The van der Waals surface area contributed by atoms with Crippen LogP contribution in [0.15, 0.2) is 48.8 Å². The van der Waals surface area contributed by atoms with Gasteiger partial charge in [0.2, 0.25) is 5.82 Å². The minimum absolute atomic E-state index is 0.127. The summed E-state index contributed by atoms with van der Waals surface area (Å²) in [6, 6.07) is 11.3. The normalized spacial score (nSPS) is 13.9. The zero-order chi connectivity index (χ0) is 22.0. The van der Waals surface area contributed by atoms with E-state index in [-0.39, 0.29) is 23.2 Å². The average molecular weight is 444 g/mol. The maximum Gasteiger partial charge on any atom is 0.373 e. The highest BCUT2D eigenvalue weighted by Crippen LogP contribution is 2.37. The second kappa shape index (κ2) is 8.73. The number of aryl methyl sites for hydroxylation is 1. The first-order valence-electron chi connectivity index (χ1n) is 9.61. The third-order valence-corrected chi connectivity index (χ3v) is 5.49. The van der Waals surface area contributed by atoms with Crippen LogP contribution in [0.1, 0.15) is 5.56 Å². The van der Waals surface area contributed by atoms with E-state index >= 15 is 0 Å². The SMILES string of the molecule is Cc1cc(Oc2ncnc(N3CCN(c4ccc(F)cc4)CC3)c2[N+](=O)[O-])ccc1Cl. The van der Waals surface area contributed by atoms with E-state index in [2.05, 4.69) is 14.9 Å². The summed E-state index contributed by atoms with van der Waals surface area (Å²) < 4.78 is 18.9. The van der Waals surface area contributed by atoms with Gasteiger partial charge in [0.25, 0.3) is 0 Å². The molecular weight excluding hydrogens is 425 g/mol. The second-order valence-corrected chi connectivity index (χ2v) is 7.48. The Morgan fingerprint density at radius 1 is 1.06 bits per heavy atom. The third kappa shape index (κ3) is 4.51. The summed E-state index contributed by atoms with van der Waals surface area (Å²) in [7, 11) is 0. The molecule has 31 heavy (non-hydrogen) atoms. The molecular formula is C21H19ClFN5O3. The van der Waals surface area contributed by atoms with Crippen LogP contribution < -0.4 is 14.5 Å². The van der Waals surface area contributed by atoms with Crippen molar-refractivity contribution in [3.63, 3.8) is 0 Å². The Morgan fingerprint density at radius 3 is 2.39 bits per heavy atom. The van der Waals surface area contributed by atoms with Gasteiger partial charge in [-0.1, -0.05) is 11.6 Å². The third-order valence-electron chi connectivity index (χ3n) is 5.07. The highest BCUT2D eigenvalue weighted by molar-refractivity contribution is 6.31. The fourth-order valence-corrected chi connectivity index (χ4v) is 3.56. The lowest BCUT2D eigenvalue weighted by Gasteiger charge is -2.36. The first kappa shape index (κ1) is 20.8. The van der Waals surface area contributed by atoms with Gasteiger partial charge in [-0.25, -0.2) is 9.37 Å². The fraction of sp³-hybridized carbons (Fsp3) is 0.238. The molecule has 0 radical (unpaired) electrons. The van der Waals surface area contributed by atoms with E-state index in [1.54, 1.807) is 30.3 Å². The topological polar surface area (TPSA) is 84.6 Å². The van der Waals surface area contributed by atoms with E-state index in [1.165, 1.54) is 18.5 Å². The van der Waals surface area contributed by atoms with Crippen molar-refractivity contribution in [3.8, 4) is 11.6 Å². The Hall–Kier alpha value is -3.46. The van der Waals surface area contributed by atoms with Crippen LogP contribution >= 0.6 is 11.6 Å². The van der Waals surface area contributed by atoms with E-state index in [4.69, 9.17) is 16.3 Å². The van der Waals surface area contributed by atoms with Crippen molar-refractivity contribution in [3.05, 3.63) is 75.3 Å². The molecule has 1 aromatic heterocycles. The maximum atomic E-state index is 13.2. The van der Waals surface area contributed by atoms with Crippen LogP contribution in [0.25, 0.3) is 0 Å². The monoisotopic (exact) mass is 443 g/mol. The number of halogens is 2. The number of aromatic nitrogens is 2. The number of benzene rings is 2. The molecule has 8 nitrogen and oxygen atoms in total. The van der Waals surface area contributed by atoms with Crippen LogP contribution in [0.5, 0.6) is 11.6 Å². The molecule has 160 valence electrons. The van der Waals surface area contributed by atoms with Gasteiger partial charge in [-0.3, -0.25) is 10.1 Å². The summed E-state index contributed by atoms with van der Waals surface area (Å²) in [5, 5.41) is 12.4. The molecule has 0 atom stereocenters. The molecule has 1 aliphatic rings. The number of anilines is 2. The van der Waals surface area contributed by atoms with E-state index in [0.29, 0.717) is 37.0 Å². The van der Waals surface area contributed by atoms with Crippen LogP contribution in [0.2, 0.25) is 5.02 Å². The van der Waals surface area contributed by atoms with Crippen molar-refractivity contribution < 1.29 is 14.1 Å². The molecule has 0 N–H and O–H groups in total. The van der Waals surface area contributed by atoms with Gasteiger partial charge >= 0.3 is 11.6 Å². The molecule has 3 aromatic rings. The highest BCUT2D eigenvalue weighted by atomic mass is 35.5. The summed E-state index contributed by atoms with van der Waals surface area (Å²) in [4.78, 5) is 23.4. The van der Waals surface area contributed by atoms with Crippen LogP contribution in [-0.4, -0.2) is 41.1 Å². The Kier molecular flexibility index (Phi) is 5.85. The predicted molar refractivity (Wildman–Crippen MR) is 116 cm³/mol. The number of hydrogen-bond donors (Lipinski definition) is 0. The van der Waals surface area contributed by atoms with Crippen LogP contribution in [0.3, 0.4) is 0 Å². The van der Waals surface area contributed by atoms with Crippen molar-refractivity contribution >= 4 is 28.8 Å². The van der Waals surface area contributed by atoms with Crippen molar-refractivity contribution in [2.24, 2.45) is 0 Å². The summed E-state index contributed by atoms with van der Waals surface area (Å²) in [5.74, 6) is 0.190.